The summed E-state index contributed by atoms with van der Waals surface area (Å²) in [5, 5.41) is 25.2. The summed E-state index contributed by atoms with van der Waals surface area (Å²) in [5.41, 5.74) is 11.7. The maximum atomic E-state index is 13.2. The number of H-pyrrole nitrogens is 1. The molecular formula is C104H86N20O16S. The zero-order valence-electron chi connectivity index (χ0n) is 76.3. The zero-order chi connectivity index (χ0) is 97.9. The molecule has 0 aliphatic carbocycles. The van der Waals surface area contributed by atoms with E-state index in [-0.39, 0.29) is 49.8 Å². The summed E-state index contributed by atoms with van der Waals surface area (Å²) in [4.78, 5) is 189. The van der Waals surface area contributed by atoms with E-state index < -0.39 is 69.9 Å². The Morgan fingerprint density at radius 1 is 0.348 bits per heavy atom. The molecule has 4 atom stereocenters. The number of imidazole rings is 1. The Hall–Kier alpha value is -18.2. The van der Waals surface area contributed by atoms with E-state index in [1.807, 2.05) is 158 Å². The van der Waals surface area contributed by atoms with Crippen LogP contribution in [-0.2, 0) is 74.6 Å². The third-order valence-electron chi connectivity index (χ3n) is 26.4. The van der Waals surface area contributed by atoms with Crippen LogP contribution in [0.2, 0.25) is 0 Å². The molecule has 0 spiro atoms. The Morgan fingerprint density at radius 3 is 1.06 bits per heavy atom. The topological polar surface area (TPSA) is 449 Å². The molecule has 8 aliphatic heterocycles. The van der Waals surface area contributed by atoms with E-state index in [2.05, 4.69) is 83.5 Å². The second-order valence-corrected chi connectivity index (χ2v) is 35.7. The Bertz CT molecular complexity index is 7670. The van der Waals surface area contributed by atoms with Gasteiger partial charge in [0.15, 0.2) is 27.8 Å². The first-order valence-corrected chi connectivity index (χ1v) is 45.4. The lowest BCUT2D eigenvalue weighted by atomic mass is 9.88. The molecule has 704 valence electrons. The molecule has 0 unspecified atom stereocenters. The van der Waals surface area contributed by atoms with Crippen molar-refractivity contribution < 1.29 is 76.5 Å². The molecule has 0 bridgehead atoms. The van der Waals surface area contributed by atoms with Gasteiger partial charge in [-0.25, -0.2) is 44.1 Å². The number of hydrogen-bond donors (Lipinski definition) is 9. The van der Waals surface area contributed by atoms with Crippen molar-refractivity contribution in [3.05, 3.63) is 334 Å². The number of pyridine rings is 4. The van der Waals surface area contributed by atoms with Gasteiger partial charge < -0.3 is 69.4 Å². The molecule has 4 saturated heterocycles. The SMILES string of the molecule is COc1ccc2c(c1)C(=O)N(C[C@]1(c3ccc(-c4ccc(-c5nccs5)cn4)cc3)NC(=O)NC1=O)C2.COc1ccc2c(c1)C(=O)N(C[C@]1(c3ccc(-c4cnc(C)[nH]4)cc3)NC(=O)NC1=O)C2.COc1ccc2c(c1)C(=O)N(C[C@]1(c3ccc(-c4cnc5c(ccn5C)c4)cc3)NC(=O)NC1=O)C2.COc1ccc2c(c1)C(=O)N(C[C@]1(c3ccc(-c4cnc5ncccc5c4)cc3)NC(=O)NC1=O)C2. The molecule has 15 aromatic rings. The molecule has 15 heterocycles. The van der Waals surface area contributed by atoms with Crippen LogP contribution in [0.15, 0.2) is 261 Å². The Labute approximate surface area is 807 Å². The van der Waals surface area contributed by atoms with E-state index in [0.717, 1.165) is 99.8 Å². The number of aromatic amines is 1. The molecule has 4 fully saturated rings. The highest BCUT2D eigenvalue weighted by atomic mass is 32.1. The Kier molecular flexibility index (Phi) is 23.5. The number of amides is 16. The van der Waals surface area contributed by atoms with Crippen LogP contribution in [-0.4, -0.2) is 185 Å². The molecule has 7 aromatic heterocycles. The van der Waals surface area contributed by atoms with Gasteiger partial charge in [0.25, 0.3) is 47.3 Å². The number of urea groups is 4. The van der Waals surface area contributed by atoms with Crippen molar-refractivity contribution in [1.29, 1.82) is 0 Å². The van der Waals surface area contributed by atoms with Gasteiger partial charge in [0.2, 0.25) is 0 Å². The van der Waals surface area contributed by atoms with Crippen LogP contribution in [0.4, 0.5) is 19.2 Å². The summed E-state index contributed by atoms with van der Waals surface area (Å²) in [5.74, 6) is 0.294. The van der Waals surface area contributed by atoms with Crippen LogP contribution in [0.1, 0.15) is 91.8 Å². The van der Waals surface area contributed by atoms with Crippen LogP contribution in [0.25, 0.3) is 77.4 Å². The third-order valence-corrected chi connectivity index (χ3v) is 27.2. The van der Waals surface area contributed by atoms with Crippen LogP contribution in [0.5, 0.6) is 23.0 Å². The van der Waals surface area contributed by atoms with Gasteiger partial charge in [-0.15, -0.1) is 11.3 Å². The van der Waals surface area contributed by atoms with E-state index in [1.54, 1.807) is 175 Å². The Balaban J connectivity index is 0.000000115. The smallest absolute Gasteiger partial charge is 0.322 e. The molecule has 37 heteroatoms. The predicted octanol–water partition coefficient (Wildman–Crippen LogP) is 11.6. The van der Waals surface area contributed by atoms with E-state index in [9.17, 15) is 57.5 Å². The van der Waals surface area contributed by atoms with Gasteiger partial charge in [0.05, 0.1) is 72.2 Å². The quantitative estimate of drug-likeness (QED) is 0.0302. The number of aromatic nitrogens is 8. The minimum atomic E-state index is -1.42. The van der Waals surface area contributed by atoms with Gasteiger partial charge in [-0.2, -0.15) is 0 Å². The number of methoxy groups -OCH3 is 4. The number of aryl methyl sites for hydroxylation is 2. The molecule has 9 N–H and O–H groups in total. The highest BCUT2D eigenvalue weighted by Gasteiger charge is 2.55. The normalized spacial score (nSPS) is 19.0. The monoisotopic (exact) mass is 1900 g/mol. The second kappa shape index (κ2) is 36.5. The second-order valence-electron chi connectivity index (χ2n) is 34.8. The van der Waals surface area contributed by atoms with Crippen molar-refractivity contribution in [2.24, 2.45) is 7.05 Å². The number of thiazole rings is 1. The molecule has 141 heavy (non-hydrogen) atoms. The van der Waals surface area contributed by atoms with Gasteiger partial charge >= 0.3 is 24.1 Å². The van der Waals surface area contributed by atoms with E-state index >= 15 is 0 Å². The van der Waals surface area contributed by atoms with Crippen LogP contribution in [0, 0.1) is 6.92 Å². The van der Waals surface area contributed by atoms with Crippen LogP contribution >= 0.6 is 11.3 Å². The number of nitrogens with zero attached hydrogens (tertiary/aromatic N) is 11. The van der Waals surface area contributed by atoms with Crippen molar-refractivity contribution in [3.8, 4) is 78.3 Å². The van der Waals surface area contributed by atoms with E-state index in [1.165, 1.54) is 0 Å². The van der Waals surface area contributed by atoms with Gasteiger partial charge in [0, 0.05) is 131 Å². The third kappa shape index (κ3) is 16.9. The Morgan fingerprint density at radius 2 is 0.716 bits per heavy atom. The summed E-state index contributed by atoms with van der Waals surface area (Å²) in [6, 6.07) is 62.0. The van der Waals surface area contributed by atoms with Crippen molar-refractivity contribution in [3.63, 3.8) is 0 Å². The molecule has 23 rings (SSSR count). The standard InChI is InChI=1S/C27H21N5O4S.C27H23N5O4.C27H21N5O4.C23H21N5O4/c1-36-20-8-4-18-14-32(24(33)21(18)12-20)15-27(25(34)30-26(35)31-27)19-6-2-16(3-7-19)22-9-5-17(13-29-22)23-28-10-11-37-23;1-31-10-9-17-11-19(13-28-23(17)31)16-3-6-20(7-4-16)27(25(34)29-26(35)30-27)15-32-14-18-5-8-21(36-2)12-22(18)24(32)33;1-36-21-9-6-18-14-32(24(33)22(18)12-21)15-27(25(34)30-26(35)31-27)20-7-4-16(5-8-20)19-11-17-3-2-10-28-23(17)29-13-19;1-13-24-10-19(25-13)14-3-6-16(7-4-14)23(21(30)26-22(31)27-23)12-28-11-15-5-8-17(32-2)9-18(15)20(28)29/h2-13H,14-15H2,1H3,(H2,30,31,34,35);3-13H,14-15H2,1-2H3,(H2,29,30,34,35);2-13H,14-15H2,1H3,(H2,30,31,34,35);3-10H,11-12H2,1-2H3,(H,24,25)(H2,26,27,30,31)/t3*27-;23-/m1111/s1. The summed E-state index contributed by atoms with van der Waals surface area (Å²) in [6.07, 6.45) is 12.5. The predicted molar refractivity (Wildman–Crippen MR) is 515 cm³/mol. The van der Waals surface area contributed by atoms with Gasteiger partial charge in [-0.3, -0.25) is 64.6 Å². The average Bonchev–Trinajstić information content (AvgIpc) is 1.61. The molecule has 8 aliphatic rings. The van der Waals surface area contributed by atoms with Crippen molar-refractivity contribution in [2.75, 3.05) is 54.6 Å². The summed E-state index contributed by atoms with van der Waals surface area (Å²) < 4.78 is 22.9. The van der Waals surface area contributed by atoms with Gasteiger partial charge in [-0.05, 0) is 159 Å². The fraction of sp³-hybridized carbons (Fsp3) is 0.173. The van der Waals surface area contributed by atoms with Gasteiger partial charge in [0.1, 0.15) is 39.5 Å². The fourth-order valence-electron chi connectivity index (χ4n) is 18.9. The number of carbonyl (C=O) groups excluding carboxylic acids is 12. The number of nitrogens with one attached hydrogen (secondary N) is 9. The molecule has 8 aromatic carbocycles. The van der Waals surface area contributed by atoms with Crippen LogP contribution < -0.4 is 61.5 Å². The first kappa shape index (κ1) is 90.6. The number of ether oxygens (including phenoxy) is 4. The van der Waals surface area contributed by atoms with Crippen molar-refractivity contribution in [1.82, 2.24) is 102 Å². The lowest BCUT2D eigenvalue weighted by Gasteiger charge is -2.31. The molecular weight excluding hydrogens is 1820 g/mol. The minimum absolute atomic E-state index is 0.00270. The molecule has 0 saturated carbocycles. The number of carbonyl (C=O) groups is 12. The van der Waals surface area contributed by atoms with Crippen LogP contribution in [0.3, 0.4) is 0 Å². The molecule has 0 radical (unpaired) electrons. The fourth-order valence-corrected chi connectivity index (χ4v) is 19.6. The number of rotatable bonds is 21. The number of imide groups is 4. The number of fused-ring (bicyclic) bond motifs is 6. The summed E-state index contributed by atoms with van der Waals surface area (Å²) in [6.45, 7) is 3.18. The molecule has 16 amide bonds. The summed E-state index contributed by atoms with van der Waals surface area (Å²) in [7, 11) is 8.12. The van der Waals surface area contributed by atoms with E-state index in [4.69, 9.17) is 18.9 Å². The largest absolute Gasteiger partial charge is 0.497 e. The highest BCUT2D eigenvalue weighted by molar-refractivity contribution is 7.13. The maximum absolute atomic E-state index is 13.2. The highest BCUT2D eigenvalue weighted by Crippen LogP contribution is 2.41. The summed E-state index contributed by atoms with van der Waals surface area (Å²) >= 11 is 1.55. The van der Waals surface area contributed by atoms with E-state index in [0.29, 0.717) is 99.3 Å². The van der Waals surface area contributed by atoms with Crippen molar-refractivity contribution >= 4 is 105 Å². The first-order valence-electron chi connectivity index (χ1n) is 44.5. The number of benzene rings is 8. The van der Waals surface area contributed by atoms with Gasteiger partial charge in [-0.1, -0.05) is 121 Å². The number of hydrogen-bond acceptors (Lipinski definition) is 23. The lowest BCUT2D eigenvalue weighted by Crippen LogP contribution is -2.52. The average molecular weight is 1900 g/mol. The zero-order valence-corrected chi connectivity index (χ0v) is 77.2. The van der Waals surface area contributed by atoms with Crippen molar-refractivity contribution in [2.45, 2.75) is 55.3 Å². The lowest BCUT2D eigenvalue weighted by molar-refractivity contribution is -0.125. The molecule has 36 nitrogen and oxygen atoms in total. The minimum Gasteiger partial charge on any atom is -0.497 e. The maximum Gasteiger partial charge on any atom is 0.322 e. The first-order chi connectivity index (χ1) is 68.2.